The number of hydrogen-bond acceptors (Lipinski definition) is 5. The van der Waals surface area contributed by atoms with Crippen molar-refractivity contribution in [1.82, 2.24) is 0 Å². The summed E-state index contributed by atoms with van der Waals surface area (Å²) in [6, 6.07) is 6.96. The molecule has 0 saturated carbocycles. The Morgan fingerprint density at radius 3 is 2.50 bits per heavy atom. The Morgan fingerprint density at radius 1 is 1.20 bits per heavy atom. The summed E-state index contributed by atoms with van der Waals surface area (Å²) in [6.07, 6.45) is 0.361. The number of epoxide rings is 1. The summed E-state index contributed by atoms with van der Waals surface area (Å²) in [5.74, 6) is -0.105. The van der Waals surface area contributed by atoms with Crippen LogP contribution in [0.2, 0.25) is 0 Å². The van der Waals surface area contributed by atoms with Crippen LogP contribution in [0.3, 0.4) is 0 Å². The van der Waals surface area contributed by atoms with Crippen LogP contribution in [0.15, 0.2) is 24.3 Å². The zero-order valence-corrected chi connectivity index (χ0v) is 11.6. The van der Waals surface area contributed by atoms with E-state index in [4.69, 9.17) is 14.2 Å². The van der Waals surface area contributed by atoms with Crippen LogP contribution in [0.25, 0.3) is 0 Å². The van der Waals surface area contributed by atoms with E-state index < -0.39 is 6.10 Å². The van der Waals surface area contributed by atoms with Crippen LogP contribution in [0, 0.1) is 0 Å². The summed E-state index contributed by atoms with van der Waals surface area (Å²) in [5.41, 5.74) is 0.875. The van der Waals surface area contributed by atoms with Crippen LogP contribution >= 0.6 is 0 Å². The highest BCUT2D eigenvalue weighted by molar-refractivity contribution is 5.78. The molecule has 0 radical (unpaired) electrons. The van der Waals surface area contributed by atoms with Gasteiger partial charge in [0.25, 0.3) is 0 Å². The minimum atomic E-state index is -0.509. The Hall–Kier alpha value is -1.88. The summed E-state index contributed by atoms with van der Waals surface area (Å²) in [6.45, 7) is 4.09. The van der Waals surface area contributed by atoms with E-state index >= 15 is 0 Å². The number of esters is 2. The molecule has 5 heteroatoms. The third-order valence-corrected chi connectivity index (χ3v) is 2.90. The highest BCUT2D eigenvalue weighted by Gasteiger charge is 2.47. The Bertz CT molecular complexity index is 480. The molecule has 0 spiro atoms. The monoisotopic (exact) mass is 278 g/mol. The van der Waals surface area contributed by atoms with Gasteiger partial charge in [0.1, 0.15) is 11.9 Å². The zero-order valence-electron chi connectivity index (χ0n) is 11.6. The maximum atomic E-state index is 11.6. The van der Waals surface area contributed by atoms with Gasteiger partial charge in [0.2, 0.25) is 0 Å². The Labute approximate surface area is 117 Å². The summed E-state index contributed by atoms with van der Waals surface area (Å²) < 4.78 is 15.4. The second-order valence-electron chi connectivity index (χ2n) is 4.54. The molecular weight excluding hydrogens is 260 g/mol. The molecule has 20 heavy (non-hydrogen) atoms. The fourth-order valence-corrected chi connectivity index (χ4v) is 1.76. The van der Waals surface area contributed by atoms with E-state index in [9.17, 15) is 9.59 Å². The SMILES string of the molecule is CCCOC(=O)[C@@H]1O[C@H]1c1ccc(OC(=O)CC)cc1. The molecule has 1 fully saturated rings. The lowest BCUT2D eigenvalue weighted by atomic mass is 10.1. The lowest BCUT2D eigenvalue weighted by molar-refractivity contribution is -0.145. The van der Waals surface area contributed by atoms with Crippen molar-refractivity contribution in [3.05, 3.63) is 29.8 Å². The quantitative estimate of drug-likeness (QED) is 0.454. The van der Waals surface area contributed by atoms with Crippen molar-refractivity contribution < 1.29 is 23.8 Å². The van der Waals surface area contributed by atoms with E-state index in [1.807, 2.05) is 6.92 Å². The van der Waals surface area contributed by atoms with E-state index in [1.54, 1.807) is 31.2 Å². The van der Waals surface area contributed by atoms with Crippen LogP contribution in [0.4, 0.5) is 0 Å². The second kappa shape index (κ2) is 6.52. The first-order chi connectivity index (χ1) is 9.65. The Kier molecular flexibility index (Phi) is 4.74. The molecule has 5 nitrogen and oxygen atoms in total. The summed E-state index contributed by atoms with van der Waals surface area (Å²) in [5, 5.41) is 0. The van der Waals surface area contributed by atoms with Gasteiger partial charge in [-0.2, -0.15) is 0 Å². The fourth-order valence-electron chi connectivity index (χ4n) is 1.76. The predicted molar refractivity (Wildman–Crippen MR) is 71.2 cm³/mol. The minimum absolute atomic E-state index is 0.254. The Morgan fingerprint density at radius 2 is 1.90 bits per heavy atom. The molecule has 2 atom stereocenters. The summed E-state index contributed by atoms with van der Waals surface area (Å²) in [7, 11) is 0. The van der Waals surface area contributed by atoms with Crippen LogP contribution in [-0.4, -0.2) is 24.6 Å². The molecule has 1 aliphatic heterocycles. The first-order valence-electron chi connectivity index (χ1n) is 6.78. The average molecular weight is 278 g/mol. The van der Waals surface area contributed by atoms with Crippen molar-refractivity contribution in [3.63, 3.8) is 0 Å². The molecule has 1 aliphatic rings. The van der Waals surface area contributed by atoms with Crippen LogP contribution < -0.4 is 4.74 Å². The molecule has 0 bridgehead atoms. The summed E-state index contributed by atoms with van der Waals surface area (Å²) in [4.78, 5) is 22.7. The van der Waals surface area contributed by atoms with Crippen molar-refractivity contribution >= 4 is 11.9 Å². The van der Waals surface area contributed by atoms with Crippen molar-refractivity contribution in [3.8, 4) is 5.75 Å². The predicted octanol–water partition coefficient (Wildman–Crippen LogP) is 2.40. The zero-order chi connectivity index (χ0) is 14.5. The molecule has 1 heterocycles. The minimum Gasteiger partial charge on any atom is -0.464 e. The molecule has 0 amide bonds. The highest BCUT2D eigenvalue weighted by atomic mass is 16.6. The molecule has 0 aliphatic carbocycles. The molecule has 1 saturated heterocycles. The van der Waals surface area contributed by atoms with Gasteiger partial charge in [0.15, 0.2) is 6.10 Å². The first kappa shape index (κ1) is 14.5. The second-order valence-corrected chi connectivity index (χ2v) is 4.54. The van der Waals surface area contributed by atoms with Crippen molar-refractivity contribution in [2.24, 2.45) is 0 Å². The fraction of sp³-hybridized carbons (Fsp3) is 0.467. The molecule has 108 valence electrons. The van der Waals surface area contributed by atoms with Crippen molar-refractivity contribution in [1.29, 1.82) is 0 Å². The van der Waals surface area contributed by atoms with E-state index in [2.05, 4.69) is 0 Å². The maximum absolute atomic E-state index is 11.6. The number of benzene rings is 1. The number of carbonyl (C=O) groups excluding carboxylic acids is 2. The van der Waals surface area contributed by atoms with Gasteiger partial charge >= 0.3 is 11.9 Å². The highest BCUT2D eigenvalue weighted by Crippen LogP contribution is 2.39. The number of rotatable bonds is 6. The number of ether oxygens (including phenoxy) is 3. The van der Waals surface area contributed by atoms with Gasteiger partial charge in [0, 0.05) is 6.42 Å². The van der Waals surface area contributed by atoms with Gasteiger partial charge in [-0.25, -0.2) is 4.79 Å². The lowest BCUT2D eigenvalue weighted by Gasteiger charge is -2.03. The van der Waals surface area contributed by atoms with Gasteiger partial charge in [-0.1, -0.05) is 26.0 Å². The molecule has 2 rings (SSSR count). The smallest absolute Gasteiger partial charge is 0.338 e. The normalized spacial score (nSPS) is 20.3. The molecule has 0 aromatic heterocycles. The largest absolute Gasteiger partial charge is 0.464 e. The van der Waals surface area contributed by atoms with Crippen LogP contribution in [0.1, 0.15) is 38.4 Å². The van der Waals surface area contributed by atoms with Crippen molar-refractivity contribution in [2.75, 3.05) is 6.61 Å². The summed E-state index contributed by atoms with van der Waals surface area (Å²) >= 11 is 0. The standard InChI is InChI=1S/C15H18O5/c1-3-9-18-15(17)14-13(20-14)10-5-7-11(8-6-10)19-12(16)4-2/h5-8,13-14H,3-4,9H2,1-2H3/t13-,14+/m0/s1. The Balaban J connectivity index is 1.89. The molecular formula is C15H18O5. The van der Waals surface area contributed by atoms with E-state index in [-0.39, 0.29) is 18.0 Å². The van der Waals surface area contributed by atoms with E-state index in [0.29, 0.717) is 18.8 Å². The maximum Gasteiger partial charge on any atom is 0.338 e. The van der Waals surface area contributed by atoms with Crippen LogP contribution in [-0.2, 0) is 19.1 Å². The lowest BCUT2D eigenvalue weighted by Crippen LogP contribution is -2.12. The first-order valence-corrected chi connectivity index (χ1v) is 6.78. The molecule has 1 aromatic carbocycles. The molecule has 1 aromatic rings. The van der Waals surface area contributed by atoms with Gasteiger partial charge in [-0.3, -0.25) is 4.79 Å². The number of carbonyl (C=O) groups is 2. The van der Waals surface area contributed by atoms with Gasteiger partial charge in [0.05, 0.1) is 6.61 Å². The van der Waals surface area contributed by atoms with Crippen LogP contribution in [0.5, 0.6) is 5.75 Å². The van der Waals surface area contributed by atoms with Gasteiger partial charge in [-0.05, 0) is 24.1 Å². The third kappa shape index (κ3) is 3.57. The van der Waals surface area contributed by atoms with Crippen molar-refractivity contribution in [2.45, 2.75) is 38.9 Å². The average Bonchev–Trinajstić information content (AvgIpc) is 3.26. The number of hydrogen-bond donors (Lipinski definition) is 0. The topological polar surface area (TPSA) is 65.1 Å². The van der Waals surface area contributed by atoms with E-state index in [0.717, 1.165) is 12.0 Å². The van der Waals surface area contributed by atoms with Gasteiger partial charge in [-0.15, -0.1) is 0 Å². The third-order valence-electron chi connectivity index (χ3n) is 2.90. The van der Waals surface area contributed by atoms with Gasteiger partial charge < -0.3 is 14.2 Å². The molecule has 0 N–H and O–H groups in total. The molecule has 0 unspecified atom stereocenters. The van der Waals surface area contributed by atoms with E-state index in [1.165, 1.54) is 0 Å².